The normalized spacial score (nSPS) is 10.8. The standard InChI is InChI=1S/C42H47N13O10/c1-50-17-23(9-29(50)37(58)46-25-11-31(52(3)19-25)39(60)48-27-13-33(41(62)64-7)54(5)21-27)44-35(56)15-43-16-36(57)45-24-10-30(51(2)18-24)38(59)47-26-12-32(53(4)20-26)40(61)49-28-14-34(42(63)65-8)55(6)22-28/h9-14,17-22,43H,15-16H2,1-8H3,(H,44,56)(H,45,57)(H,46,58)(H,47,59)(H,48,60)(H,49,61). The highest BCUT2D eigenvalue weighted by Crippen LogP contribution is 2.22. The third kappa shape index (κ3) is 10.7. The van der Waals surface area contributed by atoms with Gasteiger partial charge in [-0.05, 0) is 36.4 Å². The number of carbonyl (C=O) groups excluding carboxylic acids is 8. The molecule has 23 nitrogen and oxygen atoms in total. The van der Waals surface area contributed by atoms with Crippen molar-refractivity contribution >= 4 is 81.5 Å². The van der Waals surface area contributed by atoms with Crippen LogP contribution in [0.5, 0.6) is 0 Å². The second-order valence-corrected chi connectivity index (χ2v) is 14.8. The molecule has 0 unspecified atom stereocenters. The van der Waals surface area contributed by atoms with Gasteiger partial charge in [0.2, 0.25) is 11.8 Å². The summed E-state index contributed by atoms with van der Waals surface area (Å²) in [6, 6.07) is 8.88. The van der Waals surface area contributed by atoms with Crippen LogP contribution in [-0.2, 0) is 61.3 Å². The summed E-state index contributed by atoms with van der Waals surface area (Å²) in [4.78, 5) is 102. The minimum absolute atomic E-state index is 0.204. The lowest BCUT2D eigenvalue weighted by atomic mass is 10.3. The number of ether oxygens (including phenoxy) is 2. The van der Waals surface area contributed by atoms with Crippen LogP contribution >= 0.6 is 0 Å². The van der Waals surface area contributed by atoms with Gasteiger partial charge in [-0.25, -0.2) is 9.59 Å². The van der Waals surface area contributed by atoms with E-state index in [9.17, 15) is 38.4 Å². The number of nitrogens with one attached hydrogen (secondary N) is 7. The summed E-state index contributed by atoms with van der Waals surface area (Å²) in [6.07, 6.45) is 9.33. The van der Waals surface area contributed by atoms with Crippen molar-refractivity contribution < 1.29 is 47.8 Å². The van der Waals surface area contributed by atoms with Gasteiger partial charge < -0.3 is 68.8 Å². The van der Waals surface area contributed by atoms with Crippen LogP contribution in [0.25, 0.3) is 0 Å². The van der Waals surface area contributed by atoms with Crippen molar-refractivity contribution in [3.8, 4) is 0 Å². The van der Waals surface area contributed by atoms with E-state index < -0.39 is 47.4 Å². The molecule has 6 aromatic rings. The number of esters is 2. The van der Waals surface area contributed by atoms with E-state index >= 15 is 0 Å². The lowest BCUT2D eigenvalue weighted by Crippen LogP contribution is -2.34. The van der Waals surface area contributed by atoms with Crippen molar-refractivity contribution in [3.05, 3.63) is 108 Å². The first-order valence-corrected chi connectivity index (χ1v) is 19.5. The molecule has 0 aromatic carbocycles. The zero-order valence-electron chi connectivity index (χ0n) is 36.6. The van der Waals surface area contributed by atoms with Crippen LogP contribution in [0.15, 0.2) is 73.6 Å². The Kier molecular flexibility index (Phi) is 13.6. The Balaban J connectivity index is 0.947. The van der Waals surface area contributed by atoms with E-state index in [0.29, 0.717) is 34.1 Å². The molecule has 340 valence electrons. The predicted octanol–water partition coefficient (Wildman–Crippen LogP) is 2.47. The van der Waals surface area contributed by atoms with Crippen molar-refractivity contribution in [2.24, 2.45) is 42.3 Å². The second-order valence-electron chi connectivity index (χ2n) is 14.8. The number of amides is 6. The lowest BCUT2D eigenvalue weighted by molar-refractivity contribution is -0.116. The summed E-state index contributed by atoms with van der Waals surface area (Å²) in [5.41, 5.74) is 3.44. The molecule has 0 saturated carbocycles. The van der Waals surface area contributed by atoms with Gasteiger partial charge in [-0.15, -0.1) is 0 Å². The van der Waals surface area contributed by atoms with Crippen molar-refractivity contribution in [2.75, 3.05) is 59.2 Å². The quantitative estimate of drug-likeness (QED) is 0.0694. The van der Waals surface area contributed by atoms with E-state index in [4.69, 9.17) is 9.47 Å². The van der Waals surface area contributed by atoms with Gasteiger partial charge in [0.15, 0.2) is 0 Å². The van der Waals surface area contributed by atoms with Gasteiger partial charge in [0, 0.05) is 79.5 Å². The summed E-state index contributed by atoms with van der Waals surface area (Å²) in [7, 11) is 12.3. The molecule has 0 aliphatic heterocycles. The molecule has 6 amide bonds. The van der Waals surface area contributed by atoms with Crippen molar-refractivity contribution in [1.29, 1.82) is 0 Å². The summed E-state index contributed by atoms with van der Waals surface area (Å²) in [5.74, 6) is -4.06. The van der Waals surface area contributed by atoms with Crippen LogP contribution in [0.4, 0.5) is 34.1 Å². The Hall–Kier alpha value is -8.60. The Morgan fingerprint density at radius 3 is 0.831 bits per heavy atom. The fraction of sp³-hybridized carbons (Fsp3) is 0.238. The SMILES string of the molecule is COC(=O)c1cc(NC(=O)c2cc(NC(=O)c3cc(NC(=O)CNCC(=O)Nc4cc(C(=O)Nc5cc(C(=O)Nc6cc(C(=O)OC)n(C)c6)n(C)c5)n(C)c4)cn3C)cn2C)cn1C. The zero-order valence-corrected chi connectivity index (χ0v) is 36.6. The fourth-order valence-electron chi connectivity index (χ4n) is 6.80. The number of carbonyl (C=O) groups is 8. The van der Waals surface area contributed by atoms with Gasteiger partial charge in [0.25, 0.3) is 23.6 Å². The highest BCUT2D eigenvalue weighted by Gasteiger charge is 2.21. The monoisotopic (exact) mass is 893 g/mol. The Bertz CT molecular complexity index is 2670. The van der Waals surface area contributed by atoms with Crippen LogP contribution in [0.2, 0.25) is 0 Å². The molecule has 6 aromatic heterocycles. The van der Waals surface area contributed by atoms with Crippen LogP contribution in [-0.4, -0.2) is 102 Å². The van der Waals surface area contributed by atoms with E-state index in [0.717, 1.165) is 0 Å². The molecule has 0 atom stereocenters. The minimum atomic E-state index is -0.555. The first-order valence-electron chi connectivity index (χ1n) is 19.5. The number of nitrogens with zero attached hydrogens (tertiary/aromatic N) is 6. The first kappa shape index (κ1) is 45.9. The van der Waals surface area contributed by atoms with Crippen LogP contribution < -0.4 is 37.2 Å². The molecule has 65 heavy (non-hydrogen) atoms. The smallest absolute Gasteiger partial charge is 0.354 e. The third-order valence-electron chi connectivity index (χ3n) is 9.92. The van der Waals surface area contributed by atoms with E-state index in [1.165, 1.54) is 78.0 Å². The molecule has 7 N–H and O–H groups in total. The maximum atomic E-state index is 13.2. The van der Waals surface area contributed by atoms with Gasteiger partial charge in [0.1, 0.15) is 34.2 Å². The second kappa shape index (κ2) is 19.2. The molecule has 0 aliphatic carbocycles. The first-order chi connectivity index (χ1) is 30.8. The topological polar surface area (TPSA) is 269 Å². The number of anilines is 6. The third-order valence-corrected chi connectivity index (χ3v) is 9.92. The highest BCUT2D eigenvalue weighted by atomic mass is 16.5. The number of methoxy groups -OCH3 is 2. The molecule has 0 saturated heterocycles. The molecule has 0 spiro atoms. The van der Waals surface area contributed by atoms with Crippen LogP contribution in [0.3, 0.4) is 0 Å². The molecule has 6 rings (SSSR count). The van der Waals surface area contributed by atoms with E-state index in [1.54, 1.807) is 79.5 Å². The van der Waals surface area contributed by atoms with Crippen LogP contribution in [0, 0.1) is 0 Å². The van der Waals surface area contributed by atoms with Crippen LogP contribution in [0.1, 0.15) is 62.9 Å². The minimum Gasteiger partial charge on any atom is -0.464 e. The maximum Gasteiger partial charge on any atom is 0.354 e. The molecular formula is C42H47N13O10. The fourth-order valence-corrected chi connectivity index (χ4v) is 6.80. The van der Waals surface area contributed by atoms with Gasteiger partial charge in [0.05, 0.1) is 61.4 Å². The lowest BCUT2D eigenvalue weighted by Gasteiger charge is -2.06. The summed E-state index contributed by atoms with van der Waals surface area (Å²) >= 11 is 0. The number of aryl methyl sites for hydroxylation is 6. The molecular weight excluding hydrogens is 847 g/mol. The highest BCUT2D eigenvalue weighted by molar-refractivity contribution is 6.09. The Labute approximate surface area is 370 Å². The van der Waals surface area contributed by atoms with Gasteiger partial charge in [-0.1, -0.05) is 0 Å². The van der Waals surface area contributed by atoms with E-state index in [-0.39, 0.29) is 47.3 Å². The Morgan fingerprint density at radius 2 is 0.585 bits per heavy atom. The molecule has 0 fully saturated rings. The van der Waals surface area contributed by atoms with E-state index in [2.05, 4.69) is 37.2 Å². The van der Waals surface area contributed by atoms with Crippen molar-refractivity contribution in [3.63, 3.8) is 0 Å². The number of rotatable bonds is 16. The predicted molar refractivity (Wildman–Crippen MR) is 237 cm³/mol. The number of hydrogen-bond acceptors (Lipinski definition) is 11. The molecule has 23 heteroatoms. The number of aromatic nitrogens is 6. The molecule has 0 radical (unpaired) electrons. The molecule has 0 aliphatic rings. The van der Waals surface area contributed by atoms with E-state index in [1.807, 2.05) is 0 Å². The van der Waals surface area contributed by atoms with Crippen molar-refractivity contribution in [2.45, 2.75) is 0 Å². The number of hydrogen-bond donors (Lipinski definition) is 7. The summed E-state index contributed by atoms with van der Waals surface area (Å²) < 4.78 is 18.6. The van der Waals surface area contributed by atoms with Gasteiger partial charge in [-0.2, -0.15) is 0 Å². The average molecular weight is 894 g/mol. The summed E-state index contributed by atoms with van der Waals surface area (Å²) in [6.45, 7) is -0.490. The molecule has 6 heterocycles. The zero-order chi connectivity index (χ0) is 47.3. The molecule has 0 bridgehead atoms. The van der Waals surface area contributed by atoms with Crippen molar-refractivity contribution in [1.82, 2.24) is 32.7 Å². The van der Waals surface area contributed by atoms with Gasteiger partial charge in [-0.3, -0.25) is 34.1 Å². The Morgan fingerprint density at radius 1 is 0.369 bits per heavy atom. The average Bonchev–Trinajstić information content (AvgIpc) is 4.10. The largest absolute Gasteiger partial charge is 0.464 e. The van der Waals surface area contributed by atoms with Gasteiger partial charge >= 0.3 is 11.9 Å². The summed E-state index contributed by atoms with van der Waals surface area (Å²) in [5, 5.41) is 19.0. The maximum absolute atomic E-state index is 13.2.